The van der Waals surface area contributed by atoms with E-state index in [1.54, 1.807) is 0 Å². The second-order valence-electron chi connectivity index (χ2n) is 5.80. The van der Waals surface area contributed by atoms with Crippen molar-refractivity contribution < 1.29 is 0 Å². The zero-order valence-corrected chi connectivity index (χ0v) is 11.8. The molecular weight excluding hydrogens is 236 g/mol. The highest BCUT2D eigenvalue weighted by molar-refractivity contribution is 5.38. The van der Waals surface area contributed by atoms with Crippen molar-refractivity contribution in [3.8, 4) is 0 Å². The smallest absolute Gasteiger partial charge is 0.225 e. The molecule has 0 aromatic carbocycles. The predicted molar refractivity (Wildman–Crippen MR) is 77.4 cm³/mol. The van der Waals surface area contributed by atoms with E-state index in [2.05, 4.69) is 23.0 Å². The van der Waals surface area contributed by atoms with E-state index in [9.17, 15) is 0 Å². The van der Waals surface area contributed by atoms with Gasteiger partial charge in [-0.15, -0.1) is 0 Å². The van der Waals surface area contributed by atoms with Crippen LogP contribution in [0.5, 0.6) is 0 Å². The van der Waals surface area contributed by atoms with Crippen molar-refractivity contribution in [3.63, 3.8) is 0 Å². The Balaban J connectivity index is 1.89. The number of nitrogens with two attached hydrogens (primary N) is 1. The molecule has 4 nitrogen and oxygen atoms in total. The largest absolute Gasteiger partial charge is 0.337 e. The van der Waals surface area contributed by atoms with Gasteiger partial charge in [-0.1, -0.05) is 6.92 Å². The van der Waals surface area contributed by atoms with Gasteiger partial charge in [0.25, 0.3) is 0 Å². The number of fused-ring (bicyclic) bond motifs is 1. The molecular formula is C15H24N4. The third-order valence-electron chi connectivity index (χ3n) is 4.68. The van der Waals surface area contributed by atoms with Gasteiger partial charge in [-0.25, -0.2) is 9.97 Å². The number of hydrogen-bond acceptors (Lipinski definition) is 4. The molecule has 1 saturated heterocycles. The molecule has 104 valence electrons. The molecule has 2 atom stereocenters. The maximum atomic E-state index is 5.90. The van der Waals surface area contributed by atoms with Crippen molar-refractivity contribution >= 4 is 5.95 Å². The highest BCUT2D eigenvalue weighted by atomic mass is 15.3. The number of piperidine rings is 1. The number of aromatic nitrogens is 2. The van der Waals surface area contributed by atoms with Crippen LogP contribution in [0.2, 0.25) is 0 Å². The molecule has 0 radical (unpaired) electrons. The SMILES string of the molecule is CCC1CCc2cnc(N3CCCCC3CN)nc21. The fourth-order valence-corrected chi connectivity index (χ4v) is 3.47. The van der Waals surface area contributed by atoms with Crippen LogP contribution in [0.3, 0.4) is 0 Å². The average Bonchev–Trinajstić information content (AvgIpc) is 2.89. The molecule has 1 aromatic rings. The third-order valence-corrected chi connectivity index (χ3v) is 4.68. The first-order valence-electron chi connectivity index (χ1n) is 7.66. The molecule has 1 aromatic heterocycles. The van der Waals surface area contributed by atoms with E-state index in [1.807, 2.05) is 0 Å². The lowest BCUT2D eigenvalue weighted by molar-refractivity contribution is 0.457. The second kappa shape index (κ2) is 5.45. The third kappa shape index (κ3) is 2.34. The van der Waals surface area contributed by atoms with Crippen LogP contribution in [0.4, 0.5) is 5.95 Å². The van der Waals surface area contributed by atoms with Crippen molar-refractivity contribution in [2.24, 2.45) is 5.73 Å². The molecule has 3 rings (SSSR count). The lowest BCUT2D eigenvalue weighted by Gasteiger charge is -2.35. The molecule has 1 fully saturated rings. The van der Waals surface area contributed by atoms with Gasteiger partial charge in [-0.2, -0.15) is 0 Å². The molecule has 19 heavy (non-hydrogen) atoms. The van der Waals surface area contributed by atoms with Gasteiger partial charge in [0.05, 0.1) is 5.69 Å². The Morgan fingerprint density at radius 1 is 1.37 bits per heavy atom. The zero-order chi connectivity index (χ0) is 13.2. The molecule has 1 aliphatic heterocycles. The Morgan fingerprint density at radius 3 is 3.05 bits per heavy atom. The first-order valence-corrected chi connectivity index (χ1v) is 7.66. The van der Waals surface area contributed by atoms with Crippen molar-refractivity contribution in [2.75, 3.05) is 18.0 Å². The zero-order valence-electron chi connectivity index (χ0n) is 11.8. The van der Waals surface area contributed by atoms with Crippen molar-refractivity contribution in [1.29, 1.82) is 0 Å². The highest BCUT2D eigenvalue weighted by Crippen LogP contribution is 2.34. The van der Waals surface area contributed by atoms with E-state index in [4.69, 9.17) is 10.7 Å². The highest BCUT2D eigenvalue weighted by Gasteiger charge is 2.27. The number of aryl methyl sites for hydroxylation is 1. The van der Waals surface area contributed by atoms with E-state index >= 15 is 0 Å². The fraction of sp³-hybridized carbons (Fsp3) is 0.733. The van der Waals surface area contributed by atoms with Crippen LogP contribution in [0.25, 0.3) is 0 Å². The molecule has 4 heteroatoms. The van der Waals surface area contributed by atoms with Gasteiger partial charge in [-0.3, -0.25) is 0 Å². The Kier molecular flexibility index (Phi) is 3.69. The monoisotopic (exact) mass is 260 g/mol. The van der Waals surface area contributed by atoms with Crippen LogP contribution in [0, 0.1) is 0 Å². The first kappa shape index (κ1) is 12.9. The minimum Gasteiger partial charge on any atom is -0.337 e. The lowest BCUT2D eigenvalue weighted by atomic mass is 10.0. The van der Waals surface area contributed by atoms with Crippen LogP contribution in [0.15, 0.2) is 6.20 Å². The van der Waals surface area contributed by atoms with E-state index < -0.39 is 0 Å². The van der Waals surface area contributed by atoms with Crippen molar-refractivity contribution in [1.82, 2.24) is 9.97 Å². The van der Waals surface area contributed by atoms with Crippen LogP contribution in [0.1, 0.15) is 56.2 Å². The molecule has 2 N–H and O–H groups in total. The molecule has 0 saturated carbocycles. The lowest BCUT2D eigenvalue weighted by Crippen LogP contribution is -2.45. The van der Waals surface area contributed by atoms with Crippen LogP contribution in [-0.4, -0.2) is 29.1 Å². The number of hydrogen-bond donors (Lipinski definition) is 1. The maximum absolute atomic E-state index is 5.90. The summed E-state index contributed by atoms with van der Waals surface area (Å²) in [5, 5.41) is 0. The summed E-state index contributed by atoms with van der Waals surface area (Å²) in [6.45, 7) is 4.01. The summed E-state index contributed by atoms with van der Waals surface area (Å²) in [5.41, 5.74) is 8.56. The van der Waals surface area contributed by atoms with Gasteiger partial charge in [0.15, 0.2) is 0 Å². The van der Waals surface area contributed by atoms with Gasteiger partial charge in [-0.05, 0) is 44.1 Å². The molecule has 2 unspecified atom stereocenters. The van der Waals surface area contributed by atoms with Crippen LogP contribution in [-0.2, 0) is 6.42 Å². The molecule has 0 bridgehead atoms. The Hall–Kier alpha value is -1.16. The van der Waals surface area contributed by atoms with E-state index in [-0.39, 0.29) is 0 Å². The fourth-order valence-electron chi connectivity index (χ4n) is 3.47. The number of rotatable bonds is 3. The Bertz CT molecular complexity index is 446. The van der Waals surface area contributed by atoms with Gasteiger partial charge >= 0.3 is 0 Å². The van der Waals surface area contributed by atoms with E-state index in [0.29, 0.717) is 18.5 Å². The minimum absolute atomic E-state index is 0.424. The molecule has 2 aliphatic rings. The predicted octanol–water partition coefficient (Wildman–Crippen LogP) is 2.23. The second-order valence-corrected chi connectivity index (χ2v) is 5.80. The quantitative estimate of drug-likeness (QED) is 0.905. The molecule has 0 amide bonds. The topological polar surface area (TPSA) is 55.0 Å². The van der Waals surface area contributed by atoms with Gasteiger partial charge in [0, 0.05) is 31.2 Å². The van der Waals surface area contributed by atoms with E-state index in [0.717, 1.165) is 18.9 Å². The summed E-state index contributed by atoms with van der Waals surface area (Å²) in [6.07, 6.45) is 9.31. The molecule has 0 spiro atoms. The normalized spacial score (nSPS) is 26.5. The van der Waals surface area contributed by atoms with Crippen LogP contribution >= 0.6 is 0 Å². The van der Waals surface area contributed by atoms with Crippen molar-refractivity contribution in [3.05, 3.63) is 17.5 Å². The van der Waals surface area contributed by atoms with Gasteiger partial charge in [0.1, 0.15) is 0 Å². The Morgan fingerprint density at radius 2 is 2.26 bits per heavy atom. The molecule has 1 aliphatic carbocycles. The summed E-state index contributed by atoms with van der Waals surface area (Å²) in [4.78, 5) is 11.8. The van der Waals surface area contributed by atoms with Crippen LogP contribution < -0.4 is 10.6 Å². The minimum atomic E-state index is 0.424. The van der Waals surface area contributed by atoms with Crippen molar-refractivity contribution in [2.45, 2.75) is 57.4 Å². The van der Waals surface area contributed by atoms with E-state index in [1.165, 1.54) is 43.4 Å². The summed E-state index contributed by atoms with van der Waals surface area (Å²) in [7, 11) is 0. The first-order chi connectivity index (χ1) is 9.33. The molecule has 2 heterocycles. The standard InChI is InChI=1S/C15H24N4/c1-2-11-6-7-12-10-17-15(18-14(11)12)19-8-4-3-5-13(19)9-16/h10-11,13H,2-9,16H2,1H3. The Labute approximate surface area is 115 Å². The summed E-state index contributed by atoms with van der Waals surface area (Å²) in [6, 6.07) is 0.424. The summed E-state index contributed by atoms with van der Waals surface area (Å²) >= 11 is 0. The van der Waals surface area contributed by atoms with Gasteiger partial charge in [0.2, 0.25) is 5.95 Å². The summed E-state index contributed by atoms with van der Waals surface area (Å²) < 4.78 is 0. The van der Waals surface area contributed by atoms with Gasteiger partial charge < -0.3 is 10.6 Å². The number of anilines is 1. The maximum Gasteiger partial charge on any atom is 0.225 e. The average molecular weight is 260 g/mol. The summed E-state index contributed by atoms with van der Waals surface area (Å²) in [5.74, 6) is 1.55. The number of nitrogens with zero attached hydrogens (tertiary/aromatic N) is 3.